The van der Waals surface area contributed by atoms with Gasteiger partial charge in [-0.05, 0) is 81.0 Å². The van der Waals surface area contributed by atoms with E-state index >= 15 is 0 Å². The molecule has 10 nitrogen and oxygen atoms in total. The van der Waals surface area contributed by atoms with Crippen molar-refractivity contribution in [1.29, 1.82) is 0 Å². The van der Waals surface area contributed by atoms with Gasteiger partial charge in [-0.15, -0.1) is 0 Å². The summed E-state index contributed by atoms with van der Waals surface area (Å²) in [6.07, 6.45) is 0. The largest absolute Gasteiger partial charge is 0.497 e. The number of benzene rings is 3. The second-order valence-electron chi connectivity index (χ2n) is 10.1. The average Bonchev–Trinajstić information content (AvgIpc) is 2.95. The van der Waals surface area contributed by atoms with E-state index in [0.29, 0.717) is 40.9 Å². The normalized spacial score (nSPS) is 11.9. The summed E-state index contributed by atoms with van der Waals surface area (Å²) in [6.45, 7) is 4.69. The van der Waals surface area contributed by atoms with E-state index in [1.807, 2.05) is 43.3 Å². The number of likely N-dealkylation sites (N-methyl/N-ethyl adjacent to an activating group) is 1. The number of nitrogens with zero attached hydrogens (tertiary/aromatic N) is 2. The van der Waals surface area contributed by atoms with Gasteiger partial charge in [0.25, 0.3) is 11.5 Å². The molecule has 2 N–H and O–H groups in total. The fourth-order valence-electron chi connectivity index (χ4n) is 4.47. The second-order valence-corrected chi connectivity index (χ2v) is 10.1. The van der Waals surface area contributed by atoms with Crippen molar-refractivity contribution >= 4 is 22.8 Å². The number of aryl methyl sites for hydroxylation is 1. The lowest BCUT2D eigenvalue weighted by atomic mass is 10.0. The number of methoxy groups -OCH3 is 1. The molecule has 0 radical (unpaired) electrons. The topological polar surface area (TPSA) is 123 Å². The summed E-state index contributed by atoms with van der Waals surface area (Å²) in [5.74, 6) is -0.0583. The Balaban J connectivity index is 1.57. The smallest absolute Gasteiger partial charge is 0.338 e. The van der Waals surface area contributed by atoms with Crippen LogP contribution < -0.4 is 21.3 Å². The number of carbonyl (C=O) groups is 2. The molecule has 0 aliphatic heterocycles. The second kappa shape index (κ2) is 12.6. The van der Waals surface area contributed by atoms with E-state index in [1.54, 1.807) is 51.3 Å². The van der Waals surface area contributed by atoms with E-state index in [9.17, 15) is 19.2 Å². The molecule has 1 amide bonds. The fraction of sp³-hybridized carbons (Fsp3) is 0.290. The predicted molar refractivity (Wildman–Crippen MR) is 157 cm³/mol. The van der Waals surface area contributed by atoms with Crippen molar-refractivity contribution in [3.8, 4) is 5.75 Å². The van der Waals surface area contributed by atoms with E-state index in [1.165, 1.54) is 6.07 Å². The minimum absolute atomic E-state index is 0.214. The molecule has 214 valence electrons. The van der Waals surface area contributed by atoms with Crippen LogP contribution in [0.5, 0.6) is 5.75 Å². The van der Waals surface area contributed by atoms with E-state index in [2.05, 4.69) is 10.3 Å². The molecule has 1 aromatic heterocycles. The van der Waals surface area contributed by atoms with Crippen molar-refractivity contribution in [2.45, 2.75) is 26.4 Å². The first-order chi connectivity index (χ1) is 19.6. The van der Waals surface area contributed by atoms with Gasteiger partial charge < -0.3 is 24.7 Å². The van der Waals surface area contributed by atoms with Crippen molar-refractivity contribution in [2.24, 2.45) is 0 Å². The Labute approximate surface area is 237 Å². The Kier molecular flexibility index (Phi) is 9.04. The zero-order chi connectivity index (χ0) is 29.7. The van der Waals surface area contributed by atoms with Crippen LogP contribution in [0.2, 0.25) is 0 Å². The highest BCUT2D eigenvalue weighted by atomic mass is 16.5. The molecule has 0 aliphatic rings. The van der Waals surface area contributed by atoms with Crippen molar-refractivity contribution in [3.05, 3.63) is 109 Å². The van der Waals surface area contributed by atoms with Gasteiger partial charge in [0.05, 0.1) is 29.6 Å². The Morgan fingerprint density at radius 3 is 2.41 bits per heavy atom. The third-order valence-electron chi connectivity index (χ3n) is 6.92. The summed E-state index contributed by atoms with van der Waals surface area (Å²) >= 11 is 0. The number of H-pyrrole nitrogens is 1. The predicted octanol–water partition coefficient (Wildman–Crippen LogP) is 3.26. The number of hydrogen-bond donors (Lipinski definition) is 2. The molecule has 0 bridgehead atoms. The van der Waals surface area contributed by atoms with Gasteiger partial charge in [-0.3, -0.25) is 14.2 Å². The molecule has 3 aromatic carbocycles. The number of aromatic nitrogens is 2. The zero-order valence-corrected chi connectivity index (χ0v) is 23.8. The minimum Gasteiger partial charge on any atom is -0.497 e. The number of amides is 1. The molecule has 4 aromatic rings. The number of rotatable bonds is 10. The van der Waals surface area contributed by atoms with Crippen LogP contribution in [0.25, 0.3) is 10.9 Å². The molecule has 1 atom stereocenters. The van der Waals surface area contributed by atoms with E-state index < -0.39 is 23.3 Å². The molecule has 0 saturated carbocycles. The summed E-state index contributed by atoms with van der Waals surface area (Å²) in [4.78, 5) is 56.5. The standard InChI is InChI=1S/C31H34N4O6/c1-19-16-22(8-12-25(19)30(38)41-15-14-34(3)4)20(2)35-29(37)26-17-23(9-13-27(26)33-31(35)39)28(36)32-18-21-6-10-24(40-5)11-7-21/h6-13,16-17,20H,14-15,18H2,1-5H3,(H,32,36)(H,33,39). The lowest BCUT2D eigenvalue weighted by Gasteiger charge is -2.17. The Morgan fingerprint density at radius 1 is 1.02 bits per heavy atom. The number of fused-ring (bicyclic) bond motifs is 1. The van der Waals surface area contributed by atoms with Gasteiger partial charge in [-0.25, -0.2) is 9.59 Å². The quantitative estimate of drug-likeness (QED) is 0.287. The first-order valence-corrected chi connectivity index (χ1v) is 13.2. The van der Waals surface area contributed by atoms with Gasteiger partial charge in [-0.1, -0.05) is 24.3 Å². The number of nitrogens with one attached hydrogen (secondary N) is 2. The third kappa shape index (κ3) is 6.72. The van der Waals surface area contributed by atoms with Crippen LogP contribution in [-0.2, 0) is 11.3 Å². The van der Waals surface area contributed by atoms with Crippen LogP contribution in [-0.4, -0.2) is 60.7 Å². The lowest BCUT2D eigenvalue weighted by molar-refractivity contribution is 0.0481. The molecule has 0 aliphatic carbocycles. The Bertz CT molecular complexity index is 1690. The summed E-state index contributed by atoms with van der Waals surface area (Å²) < 4.78 is 11.6. The van der Waals surface area contributed by atoms with Crippen molar-refractivity contribution in [2.75, 3.05) is 34.4 Å². The maximum absolute atomic E-state index is 13.5. The summed E-state index contributed by atoms with van der Waals surface area (Å²) in [7, 11) is 5.37. The van der Waals surface area contributed by atoms with Crippen LogP contribution in [0.4, 0.5) is 0 Å². The van der Waals surface area contributed by atoms with Gasteiger partial charge in [0.1, 0.15) is 12.4 Å². The van der Waals surface area contributed by atoms with Gasteiger partial charge in [0, 0.05) is 18.7 Å². The maximum Gasteiger partial charge on any atom is 0.338 e. The van der Waals surface area contributed by atoms with Crippen molar-refractivity contribution in [3.63, 3.8) is 0 Å². The maximum atomic E-state index is 13.5. The molecule has 0 fully saturated rings. The van der Waals surface area contributed by atoms with Crippen LogP contribution in [0.15, 0.2) is 70.3 Å². The van der Waals surface area contributed by atoms with Crippen LogP contribution in [0.3, 0.4) is 0 Å². The highest BCUT2D eigenvalue weighted by molar-refractivity contribution is 5.97. The van der Waals surface area contributed by atoms with Gasteiger partial charge >= 0.3 is 11.7 Å². The molecule has 41 heavy (non-hydrogen) atoms. The summed E-state index contributed by atoms with van der Waals surface area (Å²) in [6, 6.07) is 16.4. The van der Waals surface area contributed by atoms with Gasteiger partial charge in [0.15, 0.2) is 0 Å². The zero-order valence-electron chi connectivity index (χ0n) is 23.8. The number of carbonyl (C=O) groups excluding carboxylic acids is 2. The van der Waals surface area contributed by atoms with Crippen molar-refractivity contribution < 1.29 is 19.1 Å². The van der Waals surface area contributed by atoms with E-state index in [-0.39, 0.29) is 17.9 Å². The molecular formula is C31H34N4O6. The lowest BCUT2D eigenvalue weighted by Crippen LogP contribution is -2.37. The molecule has 0 spiro atoms. The Hall–Kier alpha value is -4.70. The van der Waals surface area contributed by atoms with Gasteiger partial charge in [0.2, 0.25) is 0 Å². The molecule has 10 heteroatoms. The average molecular weight is 559 g/mol. The number of aromatic amines is 1. The number of esters is 1. The molecule has 0 saturated heterocycles. The van der Waals surface area contributed by atoms with E-state index in [0.717, 1.165) is 15.9 Å². The van der Waals surface area contributed by atoms with Crippen LogP contribution in [0, 0.1) is 6.92 Å². The highest BCUT2D eigenvalue weighted by Crippen LogP contribution is 2.21. The summed E-state index contributed by atoms with van der Waals surface area (Å²) in [5, 5.41) is 3.06. The van der Waals surface area contributed by atoms with Crippen LogP contribution in [0.1, 0.15) is 50.4 Å². The highest BCUT2D eigenvalue weighted by Gasteiger charge is 2.19. The minimum atomic E-state index is -0.638. The number of hydrogen-bond acceptors (Lipinski definition) is 7. The number of ether oxygens (including phenoxy) is 2. The van der Waals surface area contributed by atoms with Crippen LogP contribution >= 0.6 is 0 Å². The van der Waals surface area contributed by atoms with E-state index in [4.69, 9.17) is 9.47 Å². The first kappa shape index (κ1) is 29.3. The van der Waals surface area contributed by atoms with Gasteiger partial charge in [-0.2, -0.15) is 0 Å². The molecule has 1 heterocycles. The first-order valence-electron chi connectivity index (χ1n) is 13.2. The summed E-state index contributed by atoms with van der Waals surface area (Å²) in [5.41, 5.74) is 2.19. The van der Waals surface area contributed by atoms with Crippen molar-refractivity contribution in [1.82, 2.24) is 19.8 Å². The fourth-order valence-corrected chi connectivity index (χ4v) is 4.47. The molecular weight excluding hydrogens is 524 g/mol. The molecule has 1 unspecified atom stereocenters. The third-order valence-corrected chi connectivity index (χ3v) is 6.92. The molecule has 4 rings (SSSR count). The Morgan fingerprint density at radius 2 is 1.76 bits per heavy atom. The monoisotopic (exact) mass is 558 g/mol. The SMILES string of the molecule is COc1ccc(CNC(=O)c2ccc3[nH]c(=O)n(C(C)c4ccc(C(=O)OCCN(C)C)c(C)c4)c(=O)c3c2)cc1.